The van der Waals surface area contributed by atoms with Gasteiger partial charge in [0.2, 0.25) is 5.91 Å². The maximum Gasteiger partial charge on any atom is 0.228 e. The molecule has 27 heavy (non-hydrogen) atoms. The summed E-state index contributed by atoms with van der Waals surface area (Å²) < 4.78 is 11.6. The molecule has 0 bridgehead atoms. The van der Waals surface area contributed by atoms with Gasteiger partial charge in [-0.3, -0.25) is 4.79 Å². The number of anilines is 1. The van der Waals surface area contributed by atoms with Crippen molar-refractivity contribution in [1.29, 1.82) is 0 Å². The van der Waals surface area contributed by atoms with Crippen LogP contribution in [0, 0.1) is 0 Å². The van der Waals surface area contributed by atoms with E-state index in [-0.39, 0.29) is 12.0 Å². The molecular weight excluding hydrogens is 338 g/mol. The highest BCUT2D eigenvalue weighted by atomic mass is 16.5. The van der Waals surface area contributed by atoms with Gasteiger partial charge in [0, 0.05) is 18.1 Å². The van der Waals surface area contributed by atoms with Gasteiger partial charge in [0.25, 0.3) is 0 Å². The Morgan fingerprint density at radius 2 is 2.00 bits per heavy atom. The van der Waals surface area contributed by atoms with Gasteiger partial charge in [-0.1, -0.05) is 42.5 Å². The van der Waals surface area contributed by atoms with Crippen LogP contribution in [0.4, 0.5) is 5.69 Å². The van der Waals surface area contributed by atoms with E-state index in [9.17, 15) is 4.79 Å². The number of carbonyl (C=O) groups is 1. The Hall–Kier alpha value is -3.01. The lowest BCUT2D eigenvalue weighted by Gasteiger charge is -2.14. The number of hydrogen-bond acceptors (Lipinski definition) is 3. The van der Waals surface area contributed by atoms with Crippen LogP contribution in [0.1, 0.15) is 25.0 Å². The van der Waals surface area contributed by atoms with Crippen LogP contribution in [-0.2, 0) is 17.6 Å². The summed E-state index contributed by atoms with van der Waals surface area (Å²) in [6.45, 7) is 4.52. The quantitative estimate of drug-likeness (QED) is 0.714. The second-order valence-electron chi connectivity index (χ2n) is 6.88. The summed E-state index contributed by atoms with van der Waals surface area (Å²) in [5.41, 5.74) is 2.79. The van der Waals surface area contributed by atoms with Crippen molar-refractivity contribution in [2.24, 2.45) is 0 Å². The van der Waals surface area contributed by atoms with Crippen LogP contribution in [0.2, 0.25) is 0 Å². The number of benzene rings is 3. The third kappa shape index (κ3) is 3.61. The van der Waals surface area contributed by atoms with Gasteiger partial charge in [-0.25, -0.2) is 0 Å². The zero-order valence-electron chi connectivity index (χ0n) is 15.6. The van der Waals surface area contributed by atoms with Crippen LogP contribution in [0.15, 0.2) is 54.6 Å². The van der Waals surface area contributed by atoms with E-state index in [1.165, 1.54) is 0 Å². The van der Waals surface area contributed by atoms with E-state index in [1.54, 1.807) is 0 Å². The lowest BCUT2D eigenvalue weighted by atomic mass is 10.0. The van der Waals surface area contributed by atoms with Crippen molar-refractivity contribution in [3.8, 4) is 11.5 Å². The fourth-order valence-electron chi connectivity index (χ4n) is 3.63. The van der Waals surface area contributed by atoms with Crippen LogP contribution in [-0.4, -0.2) is 18.6 Å². The Balaban J connectivity index is 1.58. The molecular formula is C23H23NO3. The molecule has 3 aromatic rings. The number of fused-ring (bicyclic) bond motifs is 2. The first-order valence-corrected chi connectivity index (χ1v) is 9.37. The molecule has 1 atom stereocenters. The third-order valence-electron chi connectivity index (χ3n) is 4.80. The molecule has 0 saturated heterocycles. The lowest BCUT2D eigenvalue weighted by Crippen LogP contribution is -2.15. The summed E-state index contributed by atoms with van der Waals surface area (Å²) >= 11 is 0. The van der Waals surface area contributed by atoms with Gasteiger partial charge in [-0.2, -0.15) is 0 Å². The fourth-order valence-corrected chi connectivity index (χ4v) is 3.63. The van der Waals surface area contributed by atoms with Crippen molar-refractivity contribution in [2.45, 2.75) is 32.8 Å². The summed E-state index contributed by atoms with van der Waals surface area (Å²) in [5, 5.41) is 5.25. The molecule has 1 unspecified atom stereocenters. The number of ether oxygens (including phenoxy) is 2. The van der Waals surface area contributed by atoms with Gasteiger partial charge in [-0.15, -0.1) is 0 Å². The SMILES string of the molecule is CCOc1cc2c(cc1NC(=O)Cc1cccc3ccccc13)OC(C)C2. The fraction of sp³-hybridized carbons (Fsp3) is 0.261. The Kier molecular flexibility index (Phi) is 4.71. The average molecular weight is 361 g/mol. The van der Waals surface area contributed by atoms with Crippen LogP contribution in [0.25, 0.3) is 10.8 Å². The van der Waals surface area contributed by atoms with Crippen molar-refractivity contribution in [2.75, 3.05) is 11.9 Å². The maximum absolute atomic E-state index is 12.7. The highest BCUT2D eigenvalue weighted by Gasteiger charge is 2.22. The second kappa shape index (κ2) is 7.31. The predicted molar refractivity (Wildman–Crippen MR) is 108 cm³/mol. The maximum atomic E-state index is 12.7. The number of rotatable bonds is 5. The summed E-state index contributed by atoms with van der Waals surface area (Å²) in [6, 6.07) is 18.0. The normalized spacial score (nSPS) is 15.3. The van der Waals surface area contributed by atoms with Crippen LogP contribution < -0.4 is 14.8 Å². The van der Waals surface area contributed by atoms with Gasteiger partial charge in [0.05, 0.1) is 18.7 Å². The Bertz CT molecular complexity index is 991. The largest absolute Gasteiger partial charge is 0.492 e. The molecule has 0 saturated carbocycles. The zero-order chi connectivity index (χ0) is 18.8. The number of nitrogens with one attached hydrogen (secondary N) is 1. The van der Waals surface area contributed by atoms with Crippen molar-refractivity contribution < 1.29 is 14.3 Å². The zero-order valence-corrected chi connectivity index (χ0v) is 15.6. The van der Waals surface area contributed by atoms with E-state index in [4.69, 9.17) is 9.47 Å². The van der Waals surface area contributed by atoms with E-state index in [2.05, 4.69) is 17.4 Å². The van der Waals surface area contributed by atoms with Gasteiger partial charge in [-0.05, 0) is 36.2 Å². The van der Waals surface area contributed by atoms with Crippen molar-refractivity contribution in [3.05, 3.63) is 65.7 Å². The van der Waals surface area contributed by atoms with Crippen LogP contribution >= 0.6 is 0 Å². The molecule has 0 aliphatic carbocycles. The number of amides is 1. The Morgan fingerprint density at radius 3 is 2.85 bits per heavy atom. The molecule has 1 heterocycles. The first-order chi connectivity index (χ1) is 13.1. The number of hydrogen-bond donors (Lipinski definition) is 1. The third-order valence-corrected chi connectivity index (χ3v) is 4.80. The lowest BCUT2D eigenvalue weighted by molar-refractivity contribution is -0.115. The first kappa shape index (κ1) is 17.4. The van der Waals surface area contributed by atoms with Crippen LogP contribution in [0.5, 0.6) is 11.5 Å². The van der Waals surface area contributed by atoms with Gasteiger partial charge in [0.15, 0.2) is 0 Å². The molecule has 0 aromatic heterocycles. The second-order valence-corrected chi connectivity index (χ2v) is 6.88. The van der Waals surface area contributed by atoms with E-state index in [0.29, 0.717) is 24.5 Å². The molecule has 4 nitrogen and oxygen atoms in total. The highest BCUT2D eigenvalue weighted by Crippen LogP contribution is 2.38. The minimum Gasteiger partial charge on any atom is -0.492 e. The summed E-state index contributed by atoms with van der Waals surface area (Å²) in [7, 11) is 0. The van der Waals surface area contributed by atoms with Crippen LogP contribution in [0.3, 0.4) is 0 Å². The van der Waals surface area contributed by atoms with E-state index in [0.717, 1.165) is 34.1 Å². The first-order valence-electron chi connectivity index (χ1n) is 9.37. The molecule has 4 heteroatoms. The topological polar surface area (TPSA) is 47.6 Å². The van der Waals surface area contributed by atoms with E-state index < -0.39 is 0 Å². The summed E-state index contributed by atoms with van der Waals surface area (Å²) in [5.74, 6) is 1.45. The minimum atomic E-state index is -0.0710. The standard InChI is InChI=1S/C23H23NO3/c1-3-26-22-12-18-11-15(2)27-21(18)14-20(22)24-23(25)13-17-9-6-8-16-7-4-5-10-19(16)17/h4-10,12,14-15H,3,11,13H2,1-2H3,(H,24,25). The predicted octanol–water partition coefficient (Wildman–Crippen LogP) is 4.74. The molecule has 0 fully saturated rings. The molecule has 1 N–H and O–H groups in total. The molecule has 3 aromatic carbocycles. The minimum absolute atomic E-state index is 0.0710. The van der Waals surface area contributed by atoms with Crippen molar-refractivity contribution >= 4 is 22.4 Å². The monoisotopic (exact) mass is 361 g/mol. The molecule has 4 rings (SSSR count). The molecule has 0 spiro atoms. The summed E-state index contributed by atoms with van der Waals surface area (Å²) in [4.78, 5) is 12.7. The Morgan fingerprint density at radius 1 is 1.19 bits per heavy atom. The van der Waals surface area contributed by atoms with Crippen molar-refractivity contribution in [1.82, 2.24) is 0 Å². The van der Waals surface area contributed by atoms with Gasteiger partial charge in [0.1, 0.15) is 17.6 Å². The van der Waals surface area contributed by atoms with Gasteiger partial charge < -0.3 is 14.8 Å². The molecule has 1 aliphatic heterocycles. The van der Waals surface area contributed by atoms with Gasteiger partial charge >= 0.3 is 0 Å². The Labute approximate surface area is 159 Å². The number of carbonyl (C=O) groups excluding carboxylic acids is 1. The molecule has 138 valence electrons. The van der Waals surface area contributed by atoms with E-state index in [1.807, 2.05) is 56.3 Å². The summed E-state index contributed by atoms with van der Waals surface area (Å²) in [6.07, 6.45) is 1.32. The smallest absolute Gasteiger partial charge is 0.228 e. The van der Waals surface area contributed by atoms with Crippen molar-refractivity contribution in [3.63, 3.8) is 0 Å². The molecule has 0 radical (unpaired) electrons. The molecule has 1 amide bonds. The highest BCUT2D eigenvalue weighted by molar-refractivity contribution is 5.97. The van der Waals surface area contributed by atoms with E-state index >= 15 is 0 Å². The average Bonchev–Trinajstić information content (AvgIpc) is 3.01. The molecule has 1 aliphatic rings.